The first-order valence-corrected chi connectivity index (χ1v) is 6.93. The van der Waals surface area contributed by atoms with E-state index in [1.165, 1.54) is 0 Å². The number of carboxylic acids is 1. The van der Waals surface area contributed by atoms with Gasteiger partial charge >= 0.3 is 5.97 Å². The number of ether oxygens (including phenoxy) is 1. The summed E-state index contributed by atoms with van der Waals surface area (Å²) in [6.45, 7) is 0. The fraction of sp³-hybridized carbons (Fsp3) is 0.375. The molecule has 0 saturated heterocycles. The van der Waals surface area contributed by atoms with Crippen LogP contribution in [0.3, 0.4) is 0 Å². The van der Waals surface area contributed by atoms with Gasteiger partial charge in [0.1, 0.15) is 5.75 Å². The third-order valence-corrected chi connectivity index (χ3v) is 3.56. The molecule has 0 saturated carbocycles. The van der Waals surface area contributed by atoms with E-state index in [9.17, 15) is 14.7 Å². The average molecular weight is 289 g/mol. The average Bonchev–Trinajstić information content (AvgIpc) is 2.97. The highest BCUT2D eigenvalue weighted by atomic mass is 16.5. The number of amides is 1. The van der Waals surface area contributed by atoms with Gasteiger partial charge in [-0.3, -0.25) is 4.79 Å². The van der Waals surface area contributed by atoms with E-state index in [-0.39, 0.29) is 11.8 Å². The van der Waals surface area contributed by atoms with E-state index in [0.29, 0.717) is 17.7 Å². The molecule has 0 fully saturated rings. The Morgan fingerprint density at radius 2 is 2.10 bits per heavy atom. The SMILES string of the molecule is COc1ccc(C(NC(=O)CC2C=CCC2)C(=O)O)cc1. The highest BCUT2D eigenvalue weighted by Crippen LogP contribution is 2.22. The van der Waals surface area contributed by atoms with Gasteiger partial charge < -0.3 is 15.2 Å². The van der Waals surface area contributed by atoms with Crippen LogP contribution in [0.25, 0.3) is 0 Å². The van der Waals surface area contributed by atoms with Crippen molar-refractivity contribution in [3.8, 4) is 5.75 Å². The van der Waals surface area contributed by atoms with Crippen LogP contribution in [0.5, 0.6) is 5.75 Å². The lowest BCUT2D eigenvalue weighted by Crippen LogP contribution is -2.34. The maximum absolute atomic E-state index is 12.0. The second-order valence-corrected chi connectivity index (χ2v) is 5.08. The van der Waals surface area contributed by atoms with Gasteiger partial charge in [-0.05, 0) is 36.5 Å². The number of methoxy groups -OCH3 is 1. The van der Waals surface area contributed by atoms with Crippen molar-refractivity contribution in [2.75, 3.05) is 7.11 Å². The van der Waals surface area contributed by atoms with Gasteiger partial charge in [-0.2, -0.15) is 0 Å². The fourth-order valence-corrected chi connectivity index (χ4v) is 2.41. The summed E-state index contributed by atoms with van der Waals surface area (Å²) >= 11 is 0. The van der Waals surface area contributed by atoms with E-state index in [1.807, 2.05) is 6.08 Å². The Balaban J connectivity index is 2.02. The van der Waals surface area contributed by atoms with Crippen molar-refractivity contribution >= 4 is 11.9 Å². The minimum Gasteiger partial charge on any atom is -0.497 e. The second-order valence-electron chi connectivity index (χ2n) is 5.08. The molecule has 0 spiro atoms. The van der Waals surface area contributed by atoms with Gasteiger partial charge in [-0.15, -0.1) is 0 Å². The lowest BCUT2D eigenvalue weighted by Gasteiger charge is -2.16. The molecule has 2 rings (SSSR count). The van der Waals surface area contributed by atoms with E-state index in [4.69, 9.17) is 4.74 Å². The van der Waals surface area contributed by atoms with Crippen LogP contribution in [-0.2, 0) is 9.59 Å². The number of nitrogens with one attached hydrogen (secondary N) is 1. The molecule has 5 nitrogen and oxygen atoms in total. The smallest absolute Gasteiger partial charge is 0.330 e. The highest BCUT2D eigenvalue weighted by Gasteiger charge is 2.23. The first-order valence-electron chi connectivity index (χ1n) is 6.93. The Labute approximate surface area is 123 Å². The Morgan fingerprint density at radius 3 is 2.62 bits per heavy atom. The Kier molecular flexibility index (Phi) is 4.98. The van der Waals surface area contributed by atoms with Crippen LogP contribution >= 0.6 is 0 Å². The Bertz CT molecular complexity index is 536. The number of allylic oxidation sites excluding steroid dienone is 2. The number of carbonyl (C=O) groups is 2. The lowest BCUT2D eigenvalue weighted by molar-refractivity contribution is -0.142. The molecule has 2 atom stereocenters. The van der Waals surface area contributed by atoms with Crippen LogP contribution in [-0.4, -0.2) is 24.1 Å². The van der Waals surface area contributed by atoms with Crippen molar-refractivity contribution in [2.24, 2.45) is 5.92 Å². The number of benzene rings is 1. The summed E-state index contributed by atoms with van der Waals surface area (Å²) in [5.74, 6) is -0.453. The molecule has 2 N–H and O–H groups in total. The molecule has 0 aliphatic heterocycles. The van der Waals surface area contributed by atoms with Crippen molar-refractivity contribution in [2.45, 2.75) is 25.3 Å². The molecule has 2 unspecified atom stereocenters. The standard InChI is InChI=1S/C16H19NO4/c1-21-13-8-6-12(7-9-13)15(16(19)20)17-14(18)10-11-4-2-3-5-11/h2,4,6-9,11,15H,3,5,10H2,1H3,(H,17,18)(H,19,20). The molecular formula is C16H19NO4. The number of hydrogen-bond donors (Lipinski definition) is 2. The molecular weight excluding hydrogens is 270 g/mol. The van der Waals surface area contributed by atoms with Gasteiger partial charge in [-0.1, -0.05) is 24.3 Å². The number of aliphatic carboxylic acids is 1. The molecule has 21 heavy (non-hydrogen) atoms. The van der Waals surface area contributed by atoms with E-state index in [2.05, 4.69) is 11.4 Å². The molecule has 1 amide bonds. The minimum absolute atomic E-state index is 0.218. The molecule has 1 aliphatic rings. The van der Waals surface area contributed by atoms with Crippen LogP contribution in [0, 0.1) is 5.92 Å². The molecule has 5 heteroatoms. The lowest BCUT2D eigenvalue weighted by atomic mass is 10.0. The van der Waals surface area contributed by atoms with Gasteiger partial charge in [0.05, 0.1) is 7.11 Å². The van der Waals surface area contributed by atoms with Gasteiger partial charge in [0.25, 0.3) is 0 Å². The largest absolute Gasteiger partial charge is 0.497 e. The zero-order valence-corrected chi connectivity index (χ0v) is 11.9. The molecule has 112 valence electrons. The monoisotopic (exact) mass is 289 g/mol. The highest BCUT2D eigenvalue weighted by molar-refractivity contribution is 5.84. The third-order valence-electron chi connectivity index (χ3n) is 3.56. The van der Waals surface area contributed by atoms with E-state index >= 15 is 0 Å². The van der Waals surface area contributed by atoms with Crippen molar-refractivity contribution in [3.63, 3.8) is 0 Å². The number of hydrogen-bond acceptors (Lipinski definition) is 3. The fourth-order valence-electron chi connectivity index (χ4n) is 2.41. The maximum Gasteiger partial charge on any atom is 0.330 e. The summed E-state index contributed by atoms with van der Waals surface area (Å²) in [6.07, 6.45) is 6.34. The summed E-state index contributed by atoms with van der Waals surface area (Å²) in [5.41, 5.74) is 0.526. The Morgan fingerprint density at radius 1 is 1.38 bits per heavy atom. The molecule has 1 aromatic rings. The van der Waals surface area contributed by atoms with Crippen LogP contribution in [0.15, 0.2) is 36.4 Å². The quantitative estimate of drug-likeness (QED) is 0.788. The predicted molar refractivity (Wildman–Crippen MR) is 78.0 cm³/mol. The summed E-state index contributed by atoms with van der Waals surface area (Å²) in [5, 5.41) is 11.9. The van der Waals surface area contributed by atoms with Crippen LogP contribution in [0.1, 0.15) is 30.9 Å². The molecule has 0 radical (unpaired) electrons. The zero-order valence-electron chi connectivity index (χ0n) is 11.9. The summed E-state index contributed by atoms with van der Waals surface area (Å²) < 4.78 is 5.04. The van der Waals surface area contributed by atoms with Gasteiger partial charge in [0.2, 0.25) is 5.91 Å². The van der Waals surface area contributed by atoms with E-state index < -0.39 is 12.0 Å². The predicted octanol–water partition coefficient (Wildman–Crippen LogP) is 2.29. The van der Waals surface area contributed by atoms with Crippen molar-refractivity contribution in [3.05, 3.63) is 42.0 Å². The third kappa shape index (κ3) is 4.08. The van der Waals surface area contributed by atoms with Gasteiger partial charge in [0, 0.05) is 6.42 Å². The van der Waals surface area contributed by atoms with Gasteiger partial charge in [-0.25, -0.2) is 4.79 Å². The van der Waals surface area contributed by atoms with Crippen molar-refractivity contribution < 1.29 is 19.4 Å². The number of carboxylic acid groups (broad SMARTS) is 1. The normalized spacial score (nSPS) is 18.2. The first-order chi connectivity index (χ1) is 10.1. The topological polar surface area (TPSA) is 75.6 Å². The van der Waals surface area contributed by atoms with Crippen LogP contribution in [0.2, 0.25) is 0 Å². The molecule has 1 aromatic carbocycles. The summed E-state index contributed by atoms with van der Waals surface area (Å²) in [6, 6.07) is 5.61. The zero-order chi connectivity index (χ0) is 15.2. The van der Waals surface area contributed by atoms with Gasteiger partial charge in [0.15, 0.2) is 6.04 Å². The van der Waals surface area contributed by atoms with E-state index in [0.717, 1.165) is 12.8 Å². The van der Waals surface area contributed by atoms with Crippen molar-refractivity contribution in [1.82, 2.24) is 5.32 Å². The first kappa shape index (κ1) is 15.1. The van der Waals surface area contributed by atoms with Crippen molar-refractivity contribution in [1.29, 1.82) is 0 Å². The summed E-state index contributed by atoms with van der Waals surface area (Å²) in [7, 11) is 1.54. The second kappa shape index (κ2) is 6.92. The molecule has 0 aromatic heterocycles. The molecule has 0 bridgehead atoms. The molecule has 1 aliphatic carbocycles. The molecule has 0 heterocycles. The maximum atomic E-state index is 12.0. The van der Waals surface area contributed by atoms with E-state index in [1.54, 1.807) is 31.4 Å². The number of rotatable bonds is 6. The minimum atomic E-state index is -1.07. The van der Waals surface area contributed by atoms with Crippen LogP contribution < -0.4 is 10.1 Å². The number of carbonyl (C=O) groups excluding carboxylic acids is 1. The van der Waals surface area contributed by atoms with Crippen LogP contribution in [0.4, 0.5) is 0 Å². The summed E-state index contributed by atoms with van der Waals surface area (Å²) in [4.78, 5) is 23.3. The Hall–Kier alpha value is -2.30.